The summed E-state index contributed by atoms with van der Waals surface area (Å²) in [6.07, 6.45) is 0.897. The van der Waals surface area contributed by atoms with Gasteiger partial charge in [-0.15, -0.1) is 24.0 Å². The first-order chi connectivity index (χ1) is 10.9. The van der Waals surface area contributed by atoms with E-state index in [4.69, 9.17) is 4.74 Å². The van der Waals surface area contributed by atoms with Gasteiger partial charge in [-0.05, 0) is 24.1 Å². The summed E-state index contributed by atoms with van der Waals surface area (Å²) < 4.78 is 30.2. The number of nitrogens with zero attached hydrogens (tertiary/aromatic N) is 2. The highest BCUT2D eigenvalue weighted by atomic mass is 127. The summed E-state index contributed by atoms with van der Waals surface area (Å²) >= 11 is 0. The molecular formula is C15H27IN4O3S. The number of rotatable bonds is 8. The first-order valence-electron chi connectivity index (χ1n) is 7.36. The fraction of sp³-hybridized carbons (Fsp3) is 0.533. The molecule has 0 radical (unpaired) electrons. The number of aliphatic imine (C=N–C) groups is 1. The molecule has 138 valence electrons. The number of benzene rings is 1. The van der Waals surface area contributed by atoms with Crippen molar-refractivity contribution in [2.45, 2.75) is 17.9 Å². The molecule has 2 N–H and O–H groups in total. The number of hydrogen-bond acceptors (Lipinski definition) is 4. The third kappa shape index (κ3) is 7.32. The molecule has 0 heterocycles. The quantitative estimate of drug-likeness (QED) is 0.259. The molecule has 0 atom stereocenters. The molecule has 0 aliphatic rings. The normalized spacial score (nSPS) is 12.0. The Kier molecular flexibility index (Phi) is 11.2. The lowest BCUT2D eigenvalue weighted by Crippen LogP contribution is -2.37. The van der Waals surface area contributed by atoms with Gasteiger partial charge in [0.15, 0.2) is 5.96 Å². The van der Waals surface area contributed by atoms with E-state index >= 15 is 0 Å². The smallest absolute Gasteiger partial charge is 0.242 e. The van der Waals surface area contributed by atoms with Crippen LogP contribution in [0.5, 0.6) is 0 Å². The monoisotopic (exact) mass is 470 g/mol. The van der Waals surface area contributed by atoms with Gasteiger partial charge in [-0.3, -0.25) is 4.99 Å². The van der Waals surface area contributed by atoms with E-state index in [1.165, 1.54) is 18.4 Å². The lowest BCUT2D eigenvalue weighted by atomic mass is 10.2. The topological polar surface area (TPSA) is 83.0 Å². The van der Waals surface area contributed by atoms with Crippen molar-refractivity contribution in [1.82, 2.24) is 14.9 Å². The van der Waals surface area contributed by atoms with Gasteiger partial charge in [0.1, 0.15) is 0 Å². The van der Waals surface area contributed by atoms with Crippen molar-refractivity contribution >= 4 is 40.0 Å². The van der Waals surface area contributed by atoms with Gasteiger partial charge < -0.3 is 15.4 Å². The number of guanidine groups is 1. The molecule has 0 aromatic heterocycles. The Morgan fingerprint density at radius 2 is 1.83 bits per heavy atom. The van der Waals surface area contributed by atoms with Crippen LogP contribution in [0.3, 0.4) is 0 Å². The van der Waals surface area contributed by atoms with Crippen LogP contribution in [0.25, 0.3) is 0 Å². The maximum atomic E-state index is 12.0. The Morgan fingerprint density at radius 3 is 2.33 bits per heavy atom. The minimum atomic E-state index is -3.38. The Morgan fingerprint density at radius 1 is 1.21 bits per heavy atom. The molecule has 0 saturated carbocycles. The van der Waals surface area contributed by atoms with E-state index in [0.717, 1.165) is 18.5 Å². The summed E-state index contributed by atoms with van der Waals surface area (Å²) in [5, 5.41) is 6.36. The van der Waals surface area contributed by atoms with Crippen LogP contribution in [-0.2, 0) is 21.3 Å². The zero-order valence-corrected chi connectivity index (χ0v) is 17.7. The Balaban J connectivity index is 0.00000529. The van der Waals surface area contributed by atoms with Crippen LogP contribution in [0, 0.1) is 0 Å². The fourth-order valence-electron chi connectivity index (χ4n) is 1.82. The molecule has 24 heavy (non-hydrogen) atoms. The average Bonchev–Trinajstić information content (AvgIpc) is 2.54. The maximum absolute atomic E-state index is 12.0. The van der Waals surface area contributed by atoms with Gasteiger partial charge in [-0.1, -0.05) is 12.1 Å². The molecule has 0 aliphatic heterocycles. The lowest BCUT2D eigenvalue weighted by Gasteiger charge is -2.13. The molecule has 0 amide bonds. The number of hydrogen-bond donors (Lipinski definition) is 2. The predicted molar refractivity (Wildman–Crippen MR) is 107 cm³/mol. The van der Waals surface area contributed by atoms with Gasteiger partial charge in [-0.25, -0.2) is 12.7 Å². The van der Waals surface area contributed by atoms with E-state index in [1.54, 1.807) is 38.4 Å². The molecule has 0 saturated heterocycles. The van der Waals surface area contributed by atoms with E-state index in [-0.39, 0.29) is 28.9 Å². The third-order valence-electron chi connectivity index (χ3n) is 3.20. The highest BCUT2D eigenvalue weighted by Crippen LogP contribution is 2.13. The van der Waals surface area contributed by atoms with Crippen molar-refractivity contribution < 1.29 is 13.2 Å². The van der Waals surface area contributed by atoms with Gasteiger partial charge in [0.05, 0.1) is 4.90 Å². The molecular weight excluding hydrogens is 443 g/mol. The SMILES string of the molecule is CN=C(NCCCOC)NCc1ccc(S(=O)(=O)N(C)C)cc1.I. The van der Waals surface area contributed by atoms with Gasteiger partial charge >= 0.3 is 0 Å². The Labute approximate surface area is 161 Å². The summed E-state index contributed by atoms with van der Waals surface area (Å²) in [7, 11) is 3.03. The minimum Gasteiger partial charge on any atom is -0.385 e. The molecule has 7 nitrogen and oxygen atoms in total. The summed E-state index contributed by atoms with van der Waals surface area (Å²) in [6, 6.07) is 6.81. The zero-order valence-electron chi connectivity index (χ0n) is 14.6. The average molecular weight is 470 g/mol. The summed E-state index contributed by atoms with van der Waals surface area (Å²) in [4.78, 5) is 4.42. The summed E-state index contributed by atoms with van der Waals surface area (Å²) in [6.45, 7) is 2.03. The largest absolute Gasteiger partial charge is 0.385 e. The molecule has 0 spiro atoms. The van der Waals surface area contributed by atoms with Crippen LogP contribution in [0.15, 0.2) is 34.2 Å². The van der Waals surface area contributed by atoms with E-state index in [9.17, 15) is 8.42 Å². The predicted octanol–water partition coefficient (Wildman–Crippen LogP) is 1.26. The van der Waals surface area contributed by atoms with E-state index in [2.05, 4.69) is 15.6 Å². The summed E-state index contributed by atoms with van der Waals surface area (Å²) in [5.41, 5.74) is 0.975. The highest BCUT2D eigenvalue weighted by molar-refractivity contribution is 14.0. The third-order valence-corrected chi connectivity index (χ3v) is 5.03. The molecule has 0 bridgehead atoms. The van der Waals surface area contributed by atoms with Crippen LogP contribution < -0.4 is 10.6 Å². The van der Waals surface area contributed by atoms with Crippen LogP contribution in [0.2, 0.25) is 0 Å². The second kappa shape index (κ2) is 11.6. The van der Waals surface area contributed by atoms with Crippen LogP contribution in [0.1, 0.15) is 12.0 Å². The van der Waals surface area contributed by atoms with Crippen molar-refractivity contribution in [3.05, 3.63) is 29.8 Å². The lowest BCUT2D eigenvalue weighted by molar-refractivity contribution is 0.195. The van der Waals surface area contributed by atoms with E-state index in [1.807, 2.05) is 0 Å². The molecule has 0 aliphatic carbocycles. The van der Waals surface area contributed by atoms with E-state index in [0.29, 0.717) is 19.1 Å². The second-order valence-corrected chi connectivity index (χ2v) is 7.28. The van der Waals surface area contributed by atoms with Gasteiger partial charge in [0, 0.05) is 47.9 Å². The standard InChI is InChI=1S/C15H26N4O3S.HI/c1-16-15(17-10-5-11-22-4)18-12-13-6-8-14(9-7-13)23(20,21)19(2)3;/h6-9H,5,10-12H2,1-4H3,(H2,16,17,18);1H. The van der Waals surface area contributed by atoms with Gasteiger partial charge in [0.2, 0.25) is 10.0 Å². The van der Waals surface area contributed by atoms with Gasteiger partial charge in [-0.2, -0.15) is 0 Å². The van der Waals surface area contributed by atoms with E-state index < -0.39 is 10.0 Å². The fourth-order valence-corrected chi connectivity index (χ4v) is 2.72. The number of sulfonamides is 1. The molecule has 0 unspecified atom stereocenters. The first kappa shape index (κ1) is 23.1. The molecule has 1 aromatic carbocycles. The molecule has 9 heteroatoms. The van der Waals surface area contributed by atoms with Crippen LogP contribution >= 0.6 is 24.0 Å². The number of methoxy groups -OCH3 is 1. The second-order valence-electron chi connectivity index (χ2n) is 5.13. The summed E-state index contributed by atoms with van der Waals surface area (Å²) in [5.74, 6) is 0.700. The zero-order chi connectivity index (χ0) is 17.3. The Bertz CT molecular complexity index is 604. The molecule has 1 rings (SSSR count). The number of ether oxygens (including phenoxy) is 1. The van der Waals surface area contributed by atoms with Gasteiger partial charge in [0.25, 0.3) is 0 Å². The van der Waals surface area contributed by atoms with Crippen molar-refractivity contribution in [3.8, 4) is 0 Å². The first-order valence-corrected chi connectivity index (χ1v) is 8.80. The number of nitrogens with one attached hydrogen (secondary N) is 2. The van der Waals surface area contributed by atoms with Crippen molar-refractivity contribution in [2.24, 2.45) is 4.99 Å². The number of halogens is 1. The van der Waals surface area contributed by atoms with Crippen molar-refractivity contribution in [3.63, 3.8) is 0 Å². The van der Waals surface area contributed by atoms with Crippen molar-refractivity contribution in [1.29, 1.82) is 0 Å². The van der Waals surface area contributed by atoms with Crippen LogP contribution in [0.4, 0.5) is 0 Å². The highest BCUT2D eigenvalue weighted by Gasteiger charge is 2.16. The molecule has 0 fully saturated rings. The van der Waals surface area contributed by atoms with Crippen LogP contribution in [-0.4, -0.2) is 60.1 Å². The maximum Gasteiger partial charge on any atom is 0.242 e. The Hall–Kier alpha value is -0.910. The molecule has 1 aromatic rings. The van der Waals surface area contributed by atoms with Crippen molar-refractivity contribution in [2.75, 3.05) is 41.4 Å². The minimum absolute atomic E-state index is 0.